The number of hydrogen-bond acceptors (Lipinski definition) is 2. The number of carbonyl (C=O) groups excluding carboxylic acids is 1. The topological polar surface area (TPSA) is 61.9 Å². The molecule has 2 aliphatic rings. The van der Waals surface area contributed by atoms with E-state index in [0.29, 0.717) is 18.5 Å². The zero-order valence-corrected chi connectivity index (χ0v) is 9.15. The molecule has 0 unspecified atom stereocenters. The van der Waals surface area contributed by atoms with Crippen LogP contribution in [0.1, 0.15) is 19.3 Å². The molecular weight excluding hydrogens is 192 g/mol. The molecule has 2 fully saturated rings. The summed E-state index contributed by atoms with van der Waals surface area (Å²) in [6, 6.07) is 0.418. The van der Waals surface area contributed by atoms with Gasteiger partial charge >= 0.3 is 0 Å². The minimum Gasteiger partial charge on any atom is -0.370 e. The molecule has 5 nitrogen and oxygen atoms in total. The van der Waals surface area contributed by atoms with Gasteiger partial charge in [0.25, 0.3) is 0 Å². The minimum absolute atomic E-state index is 0.126. The molecule has 0 spiro atoms. The Balaban J connectivity index is 1.98. The van der Waals surface area contributed by atoms with E-state index in [1.165, 1.54) is 0 Å². The Morgan fingerprint density at radius 1 is 1.47 bits per heavy atom. The van der Waals surface area contributed by atoms with Crippen molar-refractivity contribution in [3.63, 3.8) is 0 Å². The van der Waals surface area contributed by atoms with Crippen LogP contribution in [0.4, 0.5) is 0 Å². The molecular formula is C10H18N4O. The molecule has 1 saturated heterocycles. The van der Waals surface area contributed by atoms with Gasteiger partial charge in [0.05, 0.1) is 12.6 Å². The van der Waals surface area contributed by atoms with Gasteiger partial charge in [-0.25, -0.2) is 4.99 Å². The highest BCUT2D eigenvalue weighted by Crippen LogP contribution is 2.23. The third-order valence-corrected chi connectivity index (χ3v) is 2.86. The van der Waals surface area contributed by atoms with Crippen molar-refractivity contribution in [3.8, 4) is 0 Å². The fourth-order valence-corrected chi connectivity index (χ4v) is 1.65. The van der Waals surface area contributed by atoms with Crippen molar-refractivity contribution in [1.82, 2.24) is 9.80 Å². The number of likely N-dealkylation sites (N-methyl/N-ethyl adjacent to an activating group) is 1. The molecule has 0 atom stereocenters. The van der Waals surface area contributed by atoms with Gasteiger partial charge in [0.1, 0.15) is 0 Å². The monoisotopic (exact) mass is 210 g/mol. The smallest absolute Gasteiger partial charge is 0.241 e. The number of amides is 1. The maximum atomic E-state index is 11.6. The molecule has 2 rings (SSSR count). The molecule has 0 bridgehead atoms. The normalized spacial score (nSPS) is 24.3. The molecule has 1 saturated carbocycles. The van der Waals surface area contributed by atoms with Gasteiger partial charge in [-0.3, -0.25) is 4.79 Å². The fourth-order valence-electron chi connectivity index (χ4n) is 1.65. The molecule has 1 aliphatic carbocycles. The largest absolute Gasteiger partial charge is 0.370 e. The summed E-state index contributed by atoms with van der Waals surface area (Å²) in [7, 11) is 1.83. The first-order valence-electron chi connectivity index (χ1n) is 5.49. The van der Waals surface area contributed by atoms with E-state index in [0.717, 1.165) is 32.4 Å². The van der Waals surface area contributed by atoms with Gasteiger partial charge in [-0.15, -0.1) is 0 Å². The zero-order chi connectivity index (χ0) is 10.8. The standard InChI is InChI=1S/C10H18N4O/c1-13-5-2-6-14(7-9(13)15)10(11)12-8-3-4-8/h8H,2-7H2,1H3,(H2,11,12). The third kappa shape index (κ3) is 2.61. The van der Waals surface area contributed by atoms with E-state index in [4.69, 9.17) is 5.73 Å². The Morgan fingerprint density at radius 3 is 2.87 bits per heavy atom. The summed E-state index contributed by atoms with van der Waals surface area (Å²) in [6.07, 6.45) is 3.24. The Bertz CT molecular complexity index is 285. The van der Waals surface area contributed by atoms with Crippen LogP contribution in [0, 0.1) is 0 Å². The third-order valence-electron chi connectivity index (χ3n) is 2.86. The van der Waals surface area contributed by atoms with Crippen LogP contribution in [0.2, 0.25) is 0 Å². The molecule has 0 aromatic carbocycles. The second kappa shape index (κ2) is 4.08. The first-order chi connectivity index (χ1) is 7.16. The van der Waals surface area contributed by atoms with E-state index in [2.05, 4.69) is 4.99 Å². The maximum Gasteiger partial charge on any atom is 0.241 e. The predicted molar refractivity (Wildman–Crippen MR) is 58.5 cm³/mol. The van der Waals surface area contributed by atoms with Crippen LogP contribution in [0.5, 0.6) is 0 Å². The molecule has 1 aliphatic heterocycles. The molecule has 2 N–H and O–H groups in total. The lowest BCUT2D eigenvalue weighted by Crippen LogP contribution is -2.42. The highest BCUT2D eigenvalue weighted by atomic mass is 16.2. The minimum atomic E-state index is 0.126. The maximum absolute atomic E-state index is 11.6. The average molecular weight is 210 g/mol. The number of aliphatic imine (C=N–C) groups is 1. The highest BCUT2D eigenvalue weighted by molar-refractivity contribution is 5.86. The Hall–Kier alpha value is -1.26. The molecule has 15 heavy (non-hydrogen) atoms. The van der Waals surface area contributed by atoms with Gasteiger partial charge in [0.2, 0.25) is 5.91 Å². The lowest BCUT2D eigenvalue weighted by Gasteiger charge is -2.20. The van der Waals surface area contributed by atoms with Crippen molar-refractivity contribution >= 4 is 11.9 Å². The van der Waals surface area contributed by atoms with Crippen molar-refractivity contribution in [1.29, 1.82) is 0 Å². The Morgan fingerprint density at radius 2 is 2.20 bits per heavy atom. The number of guanidine groups is 1. The van der Waals surface area contributed by atoms with Crippen LogP contribution in [0.25, 0.3) is 0 Å². The highest BCUT2D eigenvalue weighted by Gasteiger charge is 2.24. The quantitative estimate of drug-likeness (QED) is 0.474. The van der Waals surface area contributed by atoms with Crippen LogP contribution < -0.4 is 5.73 Å². The fraction of sp³-hybridized carbons (Fsp3) is 0.800. The first-order valence-corrected chi connectivity index (χ1v) is 5.49. The summed E-state index contributed by atoms with van der Waals surface area (Å²) in [4.78, 5) is 19.6. The number of rotatable bonds is 1. The van der Waals surface area contributed by atoms with E-state index >= 15 is 0 Å². The van der Waals surface area contributed by atoms with E-state index < -0.39 is 0 Å². The van der Waals surface area contributed by atoms with Gasteiger partial charge in [0.15, 0.2) is 5.96 Å². The summed E-state index contributed by atoms with van der Waals surface area (Å²) in [5, 5.41) is 0. The van der Waals surface area contributed by atoms with Crippen molar-refractivity contribution in [2.24, 2.45) is 10.7 Å². The van der Waals surface area contributed by atoms with Gasteiger partial charge in [-0.2, -0.15) is 0 Å². The van der Waals surface area contributed by atoms with Crippen LogP contribution in [0.3, 0.4) is 0 Å². The molecule has 0 aromatic rings. The zero-order valence-electron chi connectivity index (χ0n) is 9.15. The SMILES string of the molecule is CN1CCCN(C(N)=NC2CC2)CC1=O. The summed E-state index contributed by atoms with van der Waals surface area (Å²) in [5.74, 6) is 0.669. The van der Waals surface area contributed by atoms with Gasteiger partial charge in [0, 0.05) is 20.1 Å². The molecule has 0 aromatic heterocycles. The van der Waals surface area contributed by atoms with Crippen molar-refractivity contribution in [2.45, 2.75) is 25.3 Å². The molecule has 1 heterocycles. The Labute approximate surface area is 89.9 Å². The van der Waals surface area contributed by atoms with Crippen molar-refractivity contribution in [3.05, 3.63) is 0 Å². The number of carbonyl (C=O) groups is 1. The van der Waals surface area contributed by atoms with E-state index in [9.17, 15) is 4.79 Å². The second-order valence-electron chi connectivity index (χ2n) is 4.31. The van der Waals surface area contributed by atoms with Crippen molar-refractivity contribution in [2.75, 3.05) is 26.7 Å². The van der Waals surface area contributed by atoms with Crippen LogP contribution in [-0.4, -0.2) is 54.4 Å². The molecule has 5 heteroatoms. The van der Waals surface area contributed by atoms with Gasteiger partial charge in [-0.1, -0.05) is 0 Å². The summed E-state index contributed by atoms with van der Waals surface area (Å²) < 4.78 is 0. The second-order valence-corrected chi connectivity index (χ2v) is 4.31. The first kappa shape index (κ1) is 10.3. The molecule has 1 amide bonds. The predicted octanol–water partition coefficient (Wildman–Crippen LogP) is -0.372. The van der Waals surface area contributed by atoms with Gasteiger partial charge in [-0.05, 0) is 19.3 Å². The van der Waals surface area contributed by atoms with E-state index in [-0.39, 0.29) is 5.91 Å². The number of nitrogens with two attached hydrogens (primary N) is 1. The van der Waals surface area contributed by atoms with E-state index in [1.54, 1.807) is 4.90 Å². The van der Waals surface area contributed by atoms with Crippen LogP contribution in [0.15, 0.2) is 4.99 Å². The molecule has 84 valence electrons. The number of hydrogen-bond donors (Lipinski definition) is 1. The summed E-state index contributed by atoms with van der Waals surface area (Å²) in [5.41, 5.74) is 5.87. The summed E-state index contributed by atoms with van der Waals surface area (Å²) in [6.45, 7) is 2.02. The van der Waals surface area contributed by atoms with E-state index in [1.807, 2.05) is 11.9 Å². The van der Waals surface area contributed by atoms with Crippen LogP contribution >= 0.6 is 0 Å². The lowest BCUT2D eigenvalue weighted by molar-refractivity contribution is -0.129. The lowest BCUT2D eigenvalue weighted by atomic mass is 10.4. The van der Waals surface area contributed by atoms with Crippen molar-refractivity contribution < 1.29 is 4.79 Å². The van der Waals surface area contributed by atoms with Gasteiger partial charge < -0.3 is 15.5 Å². The summed E-state index contributed by atoms with van der Waals surface area (Å²) >= 11 is 0. The Kier molecular flexibility index (Phi) is 2.79. The molecule has 0 radical (unpaired) electrons. The average Bonchev–Trinajstić information content (AvgIpc) is 2.98. The number of nitrogens with zero attached hydrogens (tertiary/aromatic N) is 3. The van der Waals surface area contributed by atoms with Crippen LogP contribution in [-0.2, 0) is 4.79 Å².